The molecule has 0 aromatic carbocycles. The zero-order chi connectivity index (χ0) is 19.4. The van der Waals surface area contributed by atoms with Crippen molar-refractivity contribution in [2.75, 3.05) is 0 Å². The first-order valence-electron chi connectivity index (χ1n) is 8.36. The molecule has 1 rings (SSSR count). The number of ketones is 2. The molecule has 1 aliphatic rings. The topological polar surface area (TPSA) is 54.4 Å². The molecule has 0 aliphatic heterocycles. The Bertz CT molecular complexity index is 688. The van der Waals surface area contributed by atoms with Gasteiger partial charge in [0, 0.05) is 22.3 Å². The molecule has 0 bridgehead atoms. The summed E-state index contributed by atoms with van der Waals surface area (Å²) in [5, 5.41) is 10.8. The van der Waals surface area contributed by atoms with Gasteiger partial charge in [0.15, 0.2) is 11.6 Å². The average Bonchev–Trinajstić information content (AvgIpc) is 2.50. The van der Waals surface area contributed by atoms with Crippen molar-refractivity contribution in [1.82, 2.24) is 0 Å². The molecule has 3 nitrogen and oxygen atoms in total. The molecule has 25 heavy (non-hydrogen) atoms. The van der Waals surface area contributed by atoms with E-state index in [4.69, 9.17) is 0 Å². The van der Waals surface area contributed by atoms with Crippen LogP contribution in [0.25, 0.3) is 0 Å². The summed E-state index contributed by atoms with van der Waals surface area (Å²) in [5.74, 6) is -0.497. The Morgan fingerprint density at radius 2 is 1.56 bits per heavy atom. The third kappa shape index (κ3) is 5.30. The minimum atomic E-state index is -1.68. The highest BCUT2D eigenvalue weighted by molar-refractivity contribution is 6.25. The molecule has 1 unspecified atom stereocenters. The number of halogens is 2. The first-order chi connectivity index (χ1) is 11.5. The Morgan fingerprint density at radius 3 is 2.12 bits per heavy atom. The molecular weight excluding hydrogens is 326 g/mol. The van der Waals surface area contributed by atoms with E-state index in [1.807, 2.05) is 13.0 Å². The Kier molecular flexibility index (Phi) is 7.17. The van der Waals surface area contributed by atoms with Gasteiger partial charge in [-0.3, -0.25) is 9.59 Å². The summed E-state index contributed by atoms with van der Waals surface area (Å²) in [6, 6.07) is 0. The standard InChI is InChI=1S/C20H26F2O3/c1-12(8-6-10-16(21)22)9-7-11-20(5,25)17-15(4)18(23)13(2)14(3)19(17)24/h9-10,25H,6-8,11H2,1-5H3/b12-9+. The van der Waals surface area contributed by atoms with Crippen molar-refractivity contribution < 1.29 is 23.5 Å². The number of aliphatic hydroxyl groups is 1. The van der Waals surface area contributed by atoms with Crippen LogP contribution in [0.2, 0.25) is 0 Å². The van der Waals surface area contributed by atoms with Gasteiger partial charge in [-0.2, -0.15) is 8.78 Å². The van der Waals surface area contributed by atoms with E-state index in [-0.39, 0.29) is 30.0 Å². The molecule has 0 aromatic heterocycles. The smallest absolute Gasteiger partial charge is 0.266 e. The Morgan fingerprint density at radius 1 is 1.00 bits per heavy atom. The largest absolute Gasteiger partial charge is 0.385 e. The fourth-order valence-electron chi connectivity index (χ4n) is 2.98. The summed E-state index contributed by atoms with van der Waals surface area (Å²) < 4.78 is 24.0. The summed E-state index contributed by atoms with van der Waals surface area (Å²) >= 11 is 0. The van der Waals surface area contributed by atoms with E-state index in [9.17, 15) is 23.5 Å². The van der Waals surface area contributed by atoms with E-state index in [1.54, 1.807) is 20.8 Å². The van der Waals surface area contributed by atoms with Crippen LogP contribution in [-0.2, 0) is 9.59 Å². The summed E-state index contributed by atoms with van der Waals surface area (Å²) in [4.78, 5) is 24.8. The second kappa shape index (κ2) is 8.48. The highest BCUT2D eigenvalue weighted by Gasteiger charge is 2.38. The molecule has 0 saturated carbocycles. The average molecular weight is 352 g/mol. The summed E-state index contributed by atoms with van der Waals surface area (Å²) in [7, 11) is 0. The number of carbonyl (C=O) groups is 2. The molecule has 1 atom stereocenters. The van der Waals surface area contributed by atoms with Crippen LogP contribution in [0.5, 0.6) is 0 Å². The number of hydrogen-bond donors (Lipinski definition) is 1. The molecule has 0 amide bonds. The van der Waals surface area contributed by atoms with Gasteiger partial charge in [-0.15, -0.1) is 0 Å². The molecule has 0 heterocycles. The first kappa shape index (κ1) is 21.2. The van der Waals surface area contributed by atoms with E-state index >= 15 is 0 Å². The molecule has 5 heteroatoms. The fourth-order valence-corrected chi connectivity index (χ4v) is 2.98. The van der Waals surface area contributed by atoms with Crippen LogP contribution in [-0.4, -0.2) is 22.3 Å². The van der Waals surface area contributed by atoms with Crippen molar-refractivity contribution in [3.8, 4) is 0 Å². The van der Waals surface area contributed by atoms with Gasteiger partial charge >= 0.3 is 0 Å². The Labute approximate surface area is 147 Å². The van der Waals surface area contributed by atoms with Gasteiger partial charge in [-0.1, -0.05) is 11.6 Å². The lowest BCUT2D eigenvalue weighted by Crippen LogP contribution is -2.36. The van der Waals surface area contributed by atoms with Crippen molar-refractivity contribution in [2.45, 2.75) is 65.9 Å². The Hall–Kier alpha value is -1.88. The molecule has 0 fully saturated rings. The van der Waals surface area contributed by atoms with E-state index in [2.05, 4.69) is 0 Å². The molecule has 0 spiro atoms. The minimum absolute atomic E-state index is 0.161. The monoisotopic (exact) mass is 352 g/mol. The van der Waals surface area contributed by atoms with E-state index in [0.717, 1.165) is 11.6 Å². The molecule has 0 aromatic rings. The van der Waals surface area contributed by atoms with Crippen molar-refractivity contribution in [3.63, 3.8) is 0 Å². The highest BCUT2D eigenvalue weighted by atomic mass is 19.3. The van der Waals surface area contributed by atoms with Crippen LogP contribution in [0.3, 0.4) is 0 Å². The molecule has 0 radical (unpaired) electrons. The van der Waals surface area contributed by atoms with E-state index < -0.39 is 11.7 Å². The van der Waals surface area contributed by atoms with Gasteiger partial charge in [0.2, 0.25) is 0 Å². The fraction of sp³-hybridized carbons (Fsp3) is 0.500. The van der Waals surface area contributed by atoms with Gasteiger partial charge in [0.1, 0.15) is 0 Å². The van der Waals surface area contributed by atoms with Gasteiger partial charge in [0.25, 0.3) is 6.08 Å². The predicted molar refractivity (Wildman–Crippen MR) is 94.2 cm³/mol. The maximum Gasteiger partial charge on any atom is 0.266 e. The van der Waals surface area contributed by atoms with Gasteiger partial charge in [-0.05, 0) is 66.4 Å². The molecule has 138 valence electrons. The van der Waals surface area contributed by atoms with E-state index in [0.29, 0.717) is 29.6 Å². The predicted octanol–water partition coefficient (Wildman–Crippen LogP) is 4.83. The summed E-state index contributed by atoms with van der Waals surface area (Å²) in [6.45, 7) is 8.16. The molecule has 1 N–H and O–H groups in total. The zero-order valence-electron chi connectivity index (χ0n) is 15.5. The van der Waals surface area contributed by atoms with Crippen LogP contribution in [0.1, 0.15) is 60.3 Å². The van der Waals surface area contributed by atoms with Crippen LogP contribution in [0, 0.1) is 0 Å². The second-order valence-corrected chi connectivity index (χ2v) is 6.80. The third-order valence-electron chi connectivity index (χ3n) is 4.69. The normalized spacial score (nSPS) is 18.6. The van der Waals surface area contributed by atoms with Crippen LogP contribution >= 0.6 is 0 Å². The van der Waals surface area contributed by atoms with Crippen molar-refractivity contribution in [3.05, 3.63) is 46.1 Å². The maximum atomic E-state index is 12.5. The van der Waals surface area contributed by atoms with Crippen molar-refractivity contribution in [2.24, 2.45) is 0 Å². The second-order valence-electron chi connectivity index (χ2n) is 6.80. The number of Topliss-reactive ketones (excluding diaryl/α,β-unsaturated/α-hetero) is 2. The summed E-state index contributed by atoms with van der Waals surface area (Å²) in [6.07, 6.45) is 2.61. The van der Waals surface area contributed by atoms with E-state index in [1.165, 1.54) is 6.92 Å². The van der Waals surface area contributed by atoms with Crippen LogP contribution < -0.4 is 0 Å². The van der Waals surface area contributed by atoms with Gasteiger partial charge in [0.05, 0.1) is 5.60 Å². The number of carbonyl (C=O) groups excluding carboxylic acids is 2. The SMILES string of the molecule is CC1=C(C)C(=O)C(C(C)(O)CC/C=C(\C)CCC=C(F)F)=C(C)C1=O. The van der Waals surface area contributed by atoms with Gasteiger partial charge < -0.3 is 5.11 Å². The quantitative estimate of drug-likeness (QED) is 0.527. The lowest BCUT2D eigenvalue weighted by Gasteiger charge is -2.30. The highest BCUT2D eigenvalue weighted by Crippen LogP contribution is 2.34. The Balaban J connectivity index is 2.83. The minimum Gasteiger partial charge on any atom is -0.385 e. The first-order valence-corrected chi connectivity index (χ1v) is 8.36. The third-order valence-corrected chi connectivity index (χ3v) is 4.69. The number of allylic oxidation sites excluding steroid dienone is 6. The molecular formula is C20H26F2O3. The molecule has 0 saturated heterocycles. The van der Waals surface area contributed by atoms with Crippen molar-refractivity contribution >= 4 is 11.6 Å². The van der Waals surface area contributed by atoms with Crippen LogP contribution in [0.4, 0.5) is 8.78 Å². The number of rotatable bonds is 7. The maximum absolute atomic E-state index is 12.5. The van der Waals surface area contributed by atoms with Crippen LogP contribution in [0.15, 0.2) is 46.1 Å². The lowest BCUT2D eigenvalue weighted by atomic mass is 9.77. The van der Waals surface area contributed by atoms with Crippen molar-refractivity contribution in [1.29, 1.82) is 0 Å². The summed E-state index contributed by atoms with van der Waals surface area (Å²) in [5.41, 5.74) is 0.776. The van der Waals surface area contributed by atoms with Gasteiger partial charge in [-0.25, -0.2) is 0 Å². The number of hydrogen-bond acceptors (Lipinski definition) is 3. The molecule has 1 aliphatic carbocycles. The lowest BCUT2D eigenvalue weighted by molar-refractivity contribution is -0.118. The zero-order valence-corrected chi connectivity index (χ0v) is 15.5.